The Morgan fingerprint density at radius 1 is 1.36 bits per heavy atom. The van der Waals surface area contributed by atoms with Crippen molar-refractivity contribution < 1.29 is 18.0 Å². The van der Waals surface area contributed by atoms with Crippen LogP contribution >= 0.6 is 11.8 Å². The molecule has 0 rings (SSSR count). The topological polar surface area (TPSA) is 17.1 Å². The summed E-state index contributed by atoms with van der Waals surface area (Å²) in [6.45, 7) is 0.588. The van der Waals surface area contributed by atoms with Gasteiger partial charge in [-0.3, -0.25) is 4.79 Å². The zero-order valence-electron chi connectivity index (χ0n) is 8.14. The van der Waals surface area contributed by atoms with Gasteiger partial charge in [-0.2, -0.15) is 0 Å². The fraction of sp³-hybridized carbons (Fsp3) is 0.889. The summed E-state index contributed by atoms with van der Waals surface area (Å²) in [6.07, 6.45) is -2.94. The number of thioether (sulfide) groups is 1. The van der Waals surface area contributed by atoms with E-state index in [1.165, 1.54) is 0 Å². The summed E-state index contributed by atoms with van der Waals surface area (Å²) in [5.41, 5.74) is 0. The quantitative estimate of drug-likeness (QED) is 0.666. The van der Waals surface area contributed by atoms with Crippen LogP contribution in [0.2, 0.25) is 0 Å². The second kappa shape index (κ2) is 8.15. The number of halogens is 3. The van der Waals surface area contributed by atoms with Crippen molar-refractivity contribution in [3.05, 3.63) is 0 Å². The Labute approximate surface area is 86.4 Å². The highest BCUT2D eigenvalue weighted by atomic mass is 32.2. The predicted octanol–water partition coefficient (Wildman–Crippen LogP) is 3.08. The minimum atomic E-state index is -1.71. The summed E-state index contributed by atoms with van der Waals surface area (Å²) in [6, 6.07) is 0. The molecule has 5 heteroatoms. The minimum Gasteiger partial charge on any atom is -0.287 e. The Morgan fingerprint density at radius 3 is 2.50 bits per heavy atom. The van der Waals surface area contributed by atoms with Crippen LogP contribution in [0.5, 0.6) is 0 Å². The van der Waals surface area contributed by atoms with Crippen molar-refractivity contribution in [2.24, 2.45) is 0 Å². The Hall–Kier alpha value is -0.190. The van der Waals surface area contributed by atoms with Crippen LogP contribution in [0, 0.1) is 0 Å². The number of carbonyl (C=O) groups excluding carboxylic acids is 1. The fourth-order valence-corrected chi connectivity index (χ4v) is 1.67. The zero-order valence-corrected chi connectivity index (χ0v) is 8.96. The first kappa shape index (κ1) is 13.8. The fourth-order valence-electron chi connectivity index (χ4n) is 0.861. The van der Waals surface area contributed by atoms with E-state index in [1.807, 2.05) is 0 Å². The summed E-state index contributed by atoms with van der Waals surface area (Å²) in [7, 11) is 0. The molecule has 0 aromatic rings. The Bertz CT molecular complexity index is 166. The number of rotatable bonds is 7. The maximum absolute atomic E-state index is 12.9. The number of hydrogen-bond donors (Lipinski definition) is 0. The van der Waals surface area contributed by atoms with Crippen LogP contribution in [0.4, 0.5) is 13.2 Å². The molecule has 0 aliphatic heterocycles. The first-order valence-corrected chi connectivity index (χ1v) is 5.58. The smallest absolute Gasteiger partial charge is 0.188 e. The van der Waals surface area contributed by atoms with E-state index in [2.05, 4.69) is 0 Å². The summed E-state index contributed by atoms with van der Waals surface area (Å²) in [5.74, 6) is 0.340. The Morgan fingerprint density at radius 2 is 2.00 bits per heavy atom. The van der Waals surface area contributed by atoms with Gasteiger partial charge in [0.2, 0.25) is 0 Å². The second-order valence-corrected chi connectivity index (χ2v) is 4.10. The van der Waals surface area contributed by atoms with Gasteiger partial charge in [-0.1, -0.05) is 18.7 Å². The molecule has 1 nitrogen and oxygen atoms in total. The van der Waals surface area contributed by atoms with Gasteiger partial charge >= 0.3 is 0 Å². The van der Waals surface area contributed by atoms with E-state index in [0.717, 1.165) is 11.8 Å². The van der Waals surface area contributed by atoms with E-state index in [0.29, 0.717) is 12.2 Å². The van der Waals surface area contributed by atoms with Gasteiger partial charge in [0.15, 0.2) is 5.12 Å². The van der Waals surface area contributed by atoms with Crippen LogP contribution in [0.3, 0.4) is 0 Å². The first-order valence-electron chi connectivity index (χ1n) is 4.59. The van der Waals surface area contributed by atoms with Crippen molar-refractivity contribution in [1.82, 2.24) is 0 Å². The maximum Gasteiger partial charge on any atom is 0.188 e. The molecule has 0 N–H and O–H groups in total. The van der Waals surface area contributed by atoms with Crippen LogP contribution in [0.15, 0.2) is 0 Å². The minimum absolute atomic E-state index is 0.000472. The van der Waals surface area contributed by atoms with E-state index in [-0.39, 0.29) is 11.5 Å². The molecule has 0 aliphatic rings. The standard InChI is InChI=1S/C9H15F3OS/c1-2-9(13)14-4-3-7(11)5-8(12)6-10/h7-8H,2-6H2,1H3. The lowest BCUT2D eigenvalue weighted by Gasteiger charge is -2.08. The van der Waals surface area contributed by atoms with Gasteiger partial charge in [0.05, 0.1) is 0 Å². The van der Waals surface area contributed by atoms with Crippen molar-refractivity contribution in [2.75, 3.05) is 12.4 Å². The predicted molar refractivity (Wildman–Crippen MR) is 52.8 cm³/mol. The Balaban J connectivity index is 3.44. The summed E-state index contributed by atoms with van der Waals surface area (Å²) in [5, 5.41) is -0.000472. The molecule has 0 fully saturated rings. The van der Waals surface area contributed by atoms with Gasteiger partial charge < -0.3 is 0 Å². The molecule has 0 aromatic heterocycles. The molecule has 84 valence electrons. The highest BCUT2D eigenvalue weighted by molar-refractivity contribution is 8.13. The molecule has 0 amide bonds. The molecule has 0 aromatic carbocycles. The van der Waals surface area contributed by atoms with Gasteiger partial charge in [-0.05, 0) is 6.42 Å². The van der Waals surface area contributed by atoms with E-state index >= 15 is 0 Å². The summed E-state index contributed by atoms with van der Waals surface area (Å²) in [4.78, 5) is 10.8. The first-order chi connectivity index (χ1) is 6.60. The van der Waals surface area contributed by atoms with Crippen molar-refractivity contribution in [2.45, 2.75) is 38.5 Å². The monoisotopic (exact) mass is 228 g/mol. The van der Waals surface area contributed by atoms with E-state index in [9.17, 15) is 18.0 Å². The lowest BCUT2D eigenvalue weighted by Crippen LogP contribution is -2.13. The lowest BCUT2D eigenvalue weighted by molar-refractivity contribution is -0.110. The molecule has 0 saturated heterocycles. The number of carbonyl (C=O) groups is 1. The average Bonchev–Trinajstić information content (AvgIpc) is 2.17. The zero-order chi connectivity index (χ0) is 11.0. The normalized spacial score (nSPS) is 15.1. The molecule has 2 atom stereocenters. The molecule has 0 bridgehead atoms. The third kappa shape index (κ3) is 7.24. The van der Waals surface area contributed by atoms with Crippen LogP contribution < -0.4 is 0 Å². The molecular weight excluding hydrogens is 213 g/mol. The van der Waals surface area contributed by atoms with Crippen molar-refractivity contribution in [3.8, 4) is 0 Å². The average molecular weight is 228 g/mol. The van der Waals surface area contributed by atoms with E-state index < -0.39 is 25.4 Å². The van der Waals surface area contributed by atoms with Crippen molar-refractivity contribution in [3.63, 3.8) is 0 Å². The molecule has 0 spiro atoms. The van der Waals surface area contributed by atoms with Crippen LogP contribution in [0.1, 0.15) is 26.2 Å². The van der Waals surface area contributed by atoms with Crippen LogP contribution in [-0.2, 0) is 4.79 Å². The highest BCUT2D eigenvalue weighted by Gasteiger charge is 2.15. The van der Waals surface area contributed by atoms with Gasteiger partial charge in [0.1, 0.15) is 19.0 Å². The van der Waals surface area contributed by atoms with Gasteiger partial charge in [-0.25, -0.2) is 13.2 Å². The number of alkyl halides is 3. The molecule has 0 radical (unpaired) electrons. The third-order valence-corrected chi connectivity index (χ3v) is 2.71. The molecule has 2 unspecified atom stereocenters. The number of hydrogen-bond acceptors (Lipinski definition) is 2. The molecule has 0 heterocycles. The van der Waals surface area contributed by atoms with Crippen molar-refractivity contribution in [1.29, 1.82) is 0 Å². The third-order valence-electron chi connectivity index (χ3n) is 1.66. The van der Waals surface area contributed by atoms with Gasteiger partial charge in [0.25, 0.3) is 0 Å². The summed E-state index contributed by atoms with van der Waals surface area (Å²) < 4.78 is 36.9. The summed E-state index contributed by atoms with van der Waals surface area (Å²) >= 11 is 1.04. The highest BCUT2D eigenvalue weighted by Crippen LogP contribution is 2.15. The molecule has 0 aliphatic carbocycles. The molecule has 14 heavy (non-hydrogen) atoms. The van der Waals surface area contributed by atoms with E-state index in [1.54, 1.807) is 6.92 Å². The van der Waals surface area contributed by atoms with Crippen molar-refractivity contribution >= 4 is 16.9 Å². The maximum atomic E-state index is 12.9. The van der Waals surface area contributed by atoms with E-state index in [4.69, 9.17) is 0 Å². The Kier molecular flexibility index (Phi) is 8.04. The largest absolute Gasteiger partial charge is 0.287 e. The molecule has 0 saturated carbocycles. The van der Waals surface area contributed by atoms with Gasteiger partial charge in [0, 0.05) is 18.6 Å². The second-order valence-electron chi connectivity index (χ2n) is 2.95. The van der Waals surface area contributed by atoms with Crippen LogP contribution in [-0.4, -0.2) is 29.9 Å². The van der Waals surface area contributed by atoms with Gasteiger partial charge in [-0.15, -0.1) is 0 Å². The lowest BCUT2D eigenvalue weighted by atomic mass is 10.1. The molecular formula is C9H15F3OS. The SMILES string of the molecule is CCC(=O)SCCC(F)CC(F)CF. The van der Waals surface area contributed by atoms with Crippen LogP contribution in [0.25, 0.3) is 0 Å².